The molecule has 2 aromatic heterocycles. The lowest BCUT2D eigenvalue weighted by atomic mass is 9.88. The van der Waals surface area contributed by atoms with Crippen LogP contribution in [0.2, 0.25) is 0 Å². The molecule has 0 amide bonds. The molecule has 4 nitrogen and oxygen atoms in total. The van der Waals surface area contributed by atoms with Gasteiger partial charge in [0.25, 0.3) is 0 Å². The molecule has 0 bridgehead atoms. The largest absolute Gasteiger partial charge is 0.421 e. The van der Waals surface area contributed by atoms with Gasteiger partial charge in [0, 0.05) is 42.5 Å². The normalized spacial score (nSPS) is 13.8. The lowest BCUT2D eigenvalue weighted by molar-refractivity contribution is -0.264. The van der Waals surface area contributed by atoms with Gasteiger partial charge in [-0.25, -0.2) is 4.39 Å². The highest BCUT2D eigenvalue weighted by molar-refractivity contribution is 5.86. The summed E-state index contributed by atoms with van der Waals surface area (Å²) in [7, 11) is 0. The Morgan fingerprint density at radius 1 is 1.09 bits per heavy atom. The molecule has 172 valence electrons. The van der Waals surface area contributed by atoms with Crippen molar-refractivity contribution in [3.8, 4) is 6.07 Å². The quantitative estimate of drug-likeness (QED) is 0.358. The Kier molecular flexibility index (Phi) is 6.22. The van der Waals surface area contributed by atoms with Crippen LogP contribution in [0.15, 0.2) is 79.3 Å². The number of rotatable bonds is 6. The van der Waals surface area contributed by atoms with Crippen molar-refractivity contribution in [1.29, 1.82) is 5.26 Å². The van der Waals surface area contributed by atoms with E-state index in [0.29, 0.717) is 16.6 Å². The average Bonchev–Trinajstić information content (AvgIpc) is 3.17. The smallest absolute Gasteiger partial charge is 0.376 e. The number of alkyl halides is 3. The SMILES string of the molecule is N#Cc1ccc2c(C(O)(CC=Cc3cccnc3)C(F)(F)F)cn(Cc3cccc(F)c3)c2c1. The van der Waals surface area contributed by atoms with Gasteiger partial charge in [0.1, 0.15) is 5.82 Å². The standard InChI is InChI=1S/C26H19F4N3O/c27-21-7-1-4-20(12-21)16-33-17-23(22-9-8-19(14-31)13-24(22)33)25(34,26(28,29)30)10-2-5-18-6-3-11-32-15-18/h1-9,11-13,15,17,34H,10,16H2. The molecule has 1 atom stereocenters. The highest BCUT2D eigenvalue weighted by Crippen LogP contribution is 2.45. The van der Waals surface area contributed by atoms with Crippen molar-refractivity contribution >= 4 is 17.0 Å². The second kappa shape index (κ2) is 9.12. The first kappa shape index (κ1) is 23.2. The lowest BCUT2D eigenvalue weighted by Gasteiger charge is -2.29. The van der Waals surface area contributed by atoms with E-state index in [1.165, 1.54) is 65.5 Å². The second-order valence-corrected chi connectivity index (χ2v) is 7.90. The van der Waals surface area contributed by atoms with Crippen LogP contribution in [0.1, 0.15) is 28.7 Å². The van der Waals surface area contributed by atoms with Crippen LogP contribution in [-0.4, -0.2) is 20.8 Å². The fourth-order valence-electron chi connectivity index (χ4n) is 3.87. The van der Waals surface area contributed by atoms with Gasteiger partial charge in [0.15, 0.2) is 5.60 Å². The average molecular weight is 465 g/mol. The van der Waals surface area contributed by atoms with Crippen molar-refractivity contribution in [1.82, 2.24) is 9.55 Å². The van der Waals surface area contributed by atoms with Crippen molar-refractivity contribution in [2.24, 2.45) is 0 Å². The van der Waals surface area contributed by atoms with Crippen LogP contribution in [0, 0.1) is 17.1 Å². The molecule has 0 aliphatic heterocycles. The van der Waals surface area contributed by atoms with Gasteiger partial charge >= 0.3 is 6.18 Å². The van der Waals surface area contributed by atoms with Crippen LogP contribution in [0.5, 0.6) is 0 Å². The number of hydrogen-bond acceptors (Lipinski definition) is 3. The Hall–Kier alpha value is -3.96. The van der Waals surface area contributed by atoms with Crippen LogP contribution in [0.3, 0.4) is 0 Å². The summed E-state index contributed by atoms with van der Waals surface area (Å²) >= 11 is 0. The van der Waals surface area contributed by atoms with Crippen molar-refractivity contribution in [3.63, 3.8) is 0 Å². The van der Waals surface area contributed by atoms with Crippen LogP contribution in [0.25, 0.3) is 17.0 Å². The van der Waals surface area contributed by atoms with E-state index in [1.807, 2.05) is 6.07 Å². The number of fused-ring (bicyclic) bond motifs is 1. The van der Waals surface area contributed by atoms with E-state index in [9.17, 15) is 27.9 Å². The minimum absolute atomic E-state index is 0.0581. The van der Waals surface area contributed by atoms with Gasteiger partial charge in [-0.2, -0.15) is 18.4 Å². The minimum atomic E-state index is -4.99. The molecular formula is C26H19F4N3O. The molecule has 0 aliphatic rings. The van der Waals surface area contributed by atoms with Gasteiger partial charge in [-0.15, -0.1) is 0 Å². The van der Waals surface area contributed by atoms with Gasteiger partial charge in [-0.1, -0.05) is 36.4 Å². The summed E-state index contributed by atoms with van der Waals surface area (Å²) < 4.78 is 58.0. The number of hydrogen-bond donors (Lipinski definition) is 1. The van der Waals surface area contributed by atoms with Crippen molar-refractivity contribution in [3.05, 3.63) is 107 Å². The van der Waals surface area contributed by atoms with Crippen LogP contribution in [-0.2, 0) is 12.1 Å². The van der Waals surface area contributed by atoms with Gasteiger partial charge < -0.3 is 9.67 Å². The first-order valence-electron chi connectivity index (χ1n) is 10.3. The number of aliphatic hydroxyl groups is 1. The third-order valence-corrected chi connectivity index (χ3v) is 5.58. The fraction of sp³-hybridized carbons (Fsp3) is 0.154. The van der Waals surface area contributed by atoms with Crippen molar-refractivity contribution in [2.75, 3.05) is 0 Å². The van der Waals surface area contributed by atoms with E-state index in [1.54, 1.807) is 24.4 Å². The highest BCUT2D eigenvalue weighted by Gasteiger charge is 2.55. The zero-order valence-electron chi connectivity index (χ0n) is 17.8. The Morgan fingerprint density at radius 2 is 1.91 bits per heavy atom. The van der Waals surface area contributed by atoms with Gasteiger partial charge in [0.2, 0.25) is 0 Å². The van der Waals surface area contributed by atoms with E-state index in [0.717, 1.165) is 0 Å². The van der Waals surface area contributed by atoms with Gasteiger partial charge in [-0.3, -0.25) is 4.98 Å². The fourth-order valence-corrected chi connectivity index (χ4v) is 3.87. The Morgan fingerprint density at radius 3 is 2.59 bits per heavy atom. The minimum Gasteiger partial charge on any atom is -0.376 e. The summed E-state index contributed by atoms with van der Waals surface area (Å²) in [5, 5.41) is 20.5. The third kappa shape index (κ3) is 4.56. The highest BCUT2D eigenvalue weighted by atomic mass is 19.4. The molecule has 0 saturated carbocycles. The predicted molar refractivity (Wildman–Crippen MR) is 120 cm³/mol. The first-order valence-corrected chi connectivity index (χ1v) is 10.3. The Balaban J connectivity index is 1.82. The van der Waals surface area contributed by atoms with Gasteiger partial charge in [-0.05, 0) is 41.5 Å². The van der Waals surface area contributed by atoms with E-state index >= 15 is 0 Å². The van der Waals surface area contributed by atoms with Gasteiger partial charge in [0.05, 0.1) is 17.1 Å². The number of nitriles is 1. The Bertz CT molecular complexity index is 1390. The van der Waals surface area contributed by atoms with Crippen LogP contribution >= 0.6 is 0 Å². The molecule has 0 radical (unpaired) electrons. The maximum atomic E-state index is 14.3. The molecule has 4 aromatic rings. The molecule has 0 spiro atoms. The summed E-state index contributed by atoms with van der Waals surface area (Å²) in [5.74, 6) is -0.473. The maximum absolute atomic E-state index is 14.3. The summed E-state index contributed by atoms with van der Waals surface area (Å²) in [6.45, 7) is 0.0581. The first-order chi connectivity index (χ1) is 16.2. The van der Waals surface area contributed by atoms with Crippen molar-refractivity contribution in [2.45, 2.75) is 24.7 Å². The molecule has 4 rings (SSSR count). The summed E-state index contributed by atoms with van der Waals surface area (Å²) in [6.07, 6.45) is 1.27. The molecule has 0 aliphatic carbocycles. The molecule has 34 heavy (non-hydrogen) atoms. The number of halogens is 4. The van der Waals surface area contributed by atoms with Crippen molar-refractivity contribution < 1.29 is 22.7 Å². The number of aromatic nitrogens is 2. The zero-order chi connectivity index (χ0) is 24.3. The lowest BCUT2D eigenvalue weighted by Crippen LogP contribution is -2.41. The van der Waals surface area contributed by atoms with E-state index in [2.05, 4.69) is 4.98 Å². The molecule has 0 saturated heterocycles. The molecule has 2 heterocycles. The maximum Gasteiger partial charge on any atom is 0.421 e. The molecule has 1 N–H and O–H groups in total. The molecule has 0 fully saturated rings. The predicted octanol–water partition coefficient (Wildman–Crippen LogP) is 5.95. The Labute approximate surface area is 193 Å². The number of nitrogens with zero attached hydrogens (tertiary/aromatic N) is 3. The third-order valence-electron chi connectivity index (χ3n) is 5.58. The molecular weight excluding hydrogens is 446 g/mol. The summed E-state index contributed by atoms with van der Waals surface area (Å²) in [6, 6.07) is 15.3. The van der Waals surface area contributed by atoms with Crippen LogP contribution < -0.4 is 0 Å². The number of pyridine rings is 1. The second-order valence-electron chi connectivity index (χ2n) is 7.90. The molecule has 2 aromatic carbocycles. The zero-order valence-corrected chi connectivity index (χ0v) is 17.8. The van der Waals surface area contributed by atoms with E-state index < -0.39 is 24.0 Å². The summed E-state index contributed by atoms with van der Waals surface area (Å²) in [5.41, 5.74) is -1.82. The topological polar surface area (TPSA) is 61.8 Å². The van der Waals surface area contributed by atoms with E-state index in [4.69, 9.17) is 0 Å². The number of benzene rings is 2. The monoisotopic (exact) mass is 465 g/mol. The van der Waals surface area contributed by atoms with E-state index in [-0.39, 0.29) is 23.1 Å². The molecule has 1 unspecified atom stereocenters. The van der Waals surface area contributed by atoms with Crippen LogP contribution in [0.4, 0.5) is 17.6 Å². The molecule has 8 heteroatoms. The summed E-state index contributed by atoms with van der Waals surface area (Å²) in [4.78, 5) is 3.92.